The van der Waals surface area contributed by atoms with E-state index < -0.39 is 16.4 Å². The van der Waals surface area contributed by atoms with Crippen LogP contribution >= 0.6 is 11.6 Å². The summed E-state index contributed by atoms with van der Waals surface area (Å²) in [7, 11) is 0. The lowest BCUT2D eigenvalue weighted by molar-refractivity contribution is -0.487. The van der Waals surface area contributed by atoms with Gasteiger partial charge in [0, 0.05) is 0 Å². The SMILES string of the molecule is CC(C)(C)COC(=O)C(Cl)[N+](=O)[O-]. The van der Waals surface area contributed by atoms with E-state index in [0.717, 1.165) is 0 Å². The Labute approximate surface area is 81.2 Å². The van der Waals surface area contributed by atoms with Gasteiger partial charge in [0.2, 0.25) is 0 Å². The lowest BCUT2D eigenvalue weighted by Gasteiger charge is -2.17. The first-order valence-electron chi connectivity index (χ1n) is 3.68. The van der Waals surface area contributed by atoms with Gasteiger partial charge in [-0.3, -0.25) is 10.1 Å². The minimum atomic E-state index is -1.80. The second kappa shape index (κ2) is 4.41. The Morgan fingerprint density at radius 2 is 2.08 bits per heavy atom. The summed E-state index contributed by atoms with van der Waals surface area (Å²) < 4.78 is 4.62. The van der Waals surface area contributed by atoms with Crippen molar-refractivity contribution in [3.63, 3.8) is 0 Å². The largest absolute Gasteiger partial charge is 0.459 e. The van der Waals surface area contributed by atoms with E-state index in [9.17, 15) is 14.9 Å². The zero-order valence-corrected chi connectivity index (χ0v) is 8.50. The van der Waals surface area contributed by atoms with Gasteiger partial charge >= 0.3 is 11.5 Å². The maximum Gasteiger partial charge on any atom is 0.398 e. The molecule has 5 nitrogen and oxygen atoms in total. The first-order valence-corrected chi connectivity index (χ1v) is 4.12. The quantitative estimate of drug-likeness (QED) is 0.232. The first-order chi connectivity index (χ1) is 5.74. The van der Waals surface area contributed by atoms with Crippen molar-refractivity contribution in [2.75, 3.05) is 6.61 Å². The monoisotopic (exact) mass is 209 g/mol. The summed E-state index contributed by atoms with van der Waals surface area (Å²) in [5.74, 6) is -1.01. The minimum absolute atomic E-state index is 0.114. The number of carbonyl (C=O) groups is 1. The van der Waals surface area contributed by atoms with Gasteiger partial charge in [0.15, 0.2) is 0 Å². The third-order valence-corrected chi connectivity index (χ3v) is 1.36. The first kappa shape index (κ1) is 12.2. The highest BCUT2D eigenvalue weighted by Gasteiger charge is 2.29. The molecule has 0 heterocycles. The Morgan fingerprint density at radius 3 is 2.38 bits per heavy atom. The lowest BCUT2D eigenvalue weighted by Crippen LogP contribution is -2.29. The third-order valence-electron chi connectivity index (χ3n) is 1.03. The van der Waals surface area contributed by atoms with Crippen LogP contribution in [-0.4, -0.2) is 23.0 Å². The molecule has 0 aromatic carbocycles. The van der Waals surface area contributed by atoms with Crippen LogP contribution in [0.2, 0.25) is 0 Å². The number of hydrogen-bond donors (Lipinski definition) is 0. The summed E-state index contributed by atoms with van der Waals surface area (Å²) in [6.07, 6.45) is 0. The Morgan fingerprint density at radius 1 is 1.62 bits per heavy atom. The molecular formula is C7H12ClNO4. The summed E-state index contributed by atoms with van der Waals surface area (Å²) in [4.78, 5) is 20.0. The second-order valence-electron chi connectivity index (χ2n) is 3.79. The molecule has 0 saturated heterocycles. The van der Waals surface area contributed by atoms with E-state index >= 15 is 0 Å². The van der Waals surface area contributed by atoms with E-state index in [1.807, 2.05) is 20.8 Å². The predicted molar refractivity (Wildman–Crippen MR) is 47.0 cm³/mol. The lowest BCUT2D eigenvalue weighted by atomic mass is 9.99. The number of esters is 1. The second-order valence-corrected chi connectivity index (χ2v) is 4.20. The van der Waals surface area contributed by atoms with E-state index in [0.29, 0.717) is 0 Å². The van der Waals surface area contributed by atoms with Crippen LogP contribution in [0.25, 0.3) is 0 Å². The van der Waals surface area contributed by atoms with Crippen molar-refractivity contribution in [1.29, 1.82) is 0 Å². The number of carbonyl (C=O) groups excluding carboxylic acids is 1. The van der Waals surface area contributed by atoms with Crippen LogP contribution < -0.4 is 0 Å². The zero-order chi connectivity index (χ0) is 10.6. The Kier molecular flexibility index (Phi) is 4.13. The molecule has 0 aliphatic heterocycles. The number of halogens is 1. The van der Waals surface area contributed by atoms with Crippen molar-refractivity contribution in [3.05, 3.63) is 10.1 Å². The number of rotatable bonds is 3. The number of ether oxygens (including phenoxy) is 1. The van der Waals surface area contributed by atoms with Gasteiger partial charge in [-0.25, -0.2) is 4.79 Å². The van der Waals surface area contributed by atoms with Gasteiger partial charge < -0.3 is 4.74 Å². The van der Waals surface area contributed by atoms with Gasteiger partial charge in [-0.15, -0.1) is 0 Å². The van der Waals surface area contributed by atoms with Crippen LogP contribution in [0.3, 0.4) is 0 Å². The van der Waals surface area contributed by atoms with Crippen LogP contribution in [0, 0.1) is 15.5 Å². The van der Waals surface area contributed by atoms with Crippen LogP contribution in [0.5, 0.6) is 0 Å². The van der Waals surface area contributed by atoms with Crippen molar-refractivity contribution in [2.24, 2.45) is 5.41 Å². The molecule has 0 bridgehead atoms. The van der Waals surface area contributed by atoms with E-state index in [1.165, 1.54) is 0 Å². The van der Waals surface area contributed by atoms with Crippen molar-refractivity contribution in [1.82, 2.24) is 0 Å². The molecule has 13 heavy (non-hydrogen) atoms. The summed E-state index contributed by atoms with van der Waals surface area (Å²) >= 11 is 5.12. The summed E-state index contributed by atoms with van der Waals surface area (Å²) in [6, 6.07) is 0. The molecule has 1 atom stereocenters. The smallest absolute Gasteiger partial charge is 0.398 e. The van der Waals surface area contributed by atoms with Gasteiger partial charge in [-0.2, -0.15) is 0 Å². The maximum absolute atomic E-state index is 10.8. The van der Waals surface area contributed by atoms with Crippen molar-refractivity contribution >= 4 is 17.6 Å². The molecule has 0 radical (unpaired) electrons. The van der Waals surface area contributed by atoms with Gasteiger partial charge in [-0.1, -0.05) is 20.8 Å². The molecule has 0 fully saturated rings. The van der Waals surface area contributed by atoms with Crippen molar-refractivity contribution < 1.29 is 14.5 Å². The fourth-order valence-corrected chi connectivity index (χ4v) is 0.505. The van der Waals surface area contributed by atoms with Gasteiger partial charge in [0.1, 0.15) is 0 Å². The summed E-state index contributed by atoms with van der Waals surface area (Å²) in [6.45, 7) is 5.64. The highest BCUT2D eigenvalue weighted by molar-refractivity contribution is 6.28. The number of hydrogen-bond acceptors (Lipinski definition) is 4. The zero-order valence-electron chi connectivity index (χ0n) is 7.74. The Bertz CT molecular complexity index is 211. The molecule has 0 aromatic heterocycles. The maximum atomic E-state index is 10.8. The van der Waals surface area contributed by atoms with Gasteiger partial charge in [0.25, 0.3) is 0 Å². The van der Waals surface area contributed by atoms with Crippen molar-refractivity contribution in [3.8, 4) is 0 Å². The standard InChI is InChI=1S/C7H12ClNO4/c1-7(2,3)4-13-6(10)5(8)9(11)12/h5H,4H2,1-3H3. The Balaban J connectivity index is 3.96. The molecule has 1 unspecified atom stereocenters. The van der Waals surface area contributed by atoms with Crippen LogP contribution in [0.4, 0.5) is 0 Å². The minimum Gasteiger partial charge on any atom is -0.459 e. The van der Waals surface area contributed by atoms with Gasteiger partial charge in [0.05, 0.1) is 11.5 Å². The predicted octanol–water partition coefficient (Wildman–Crippen LogP) is 1.42. The molecule has 0 rings (SSSR count). The molecule has 76 valence electrons. The molecule has 0 aromatic rings. The van der Waals surface area contributed by atoms with Crippen LogP contribution in [0.1, 0.15) is 20.8 Å². The molecule has 0 aliphatic carbocycles. The third kappa shape index (κ3) is 5.41. The van der Waals surface area contributed by atoms with E-state index in [-0.39, 0.29) is 12.0 Å². The molecule has 6 heteroatoms. The fourth-order valence-electron chi connectivity index (χ4n) is 0.442. The average molecular weight is 210 g/mol. The van der Waals surface area contributed by atoms with E-state index in [1.54, 1.807) is 0 Å². The van der Waals surface area contributed by atoms with Crippen LogP contribution in [-0.2, 0) is 9.53 Å². The average Bonchev–Trinajstić information content (AvgIpc) is 1.97. The summed E-state index contributed by atoms with van der Waals surface area (Å²) in [5.41, 5.74) is -2.02. The number of nitrogens with zero attached hydrogens (tertiary/aromatic N) is 1. The summed E-state index contributed by atoms with van der Waals surface area (Å²) in [5, 5.41) is 10.0. The highest BCUT2D eigenvalue weighted by Crippen LogP contribution is 2.14. The highest BCUT2D eigenvalue weighted by atomic mass is 35.5. The Hall–Kier alpha value is -0.840. The molecule has 0 saturated carbocycles. The van der Waals surface area contributed by atoms with Crippen LogP contribution in [0.15, 0.2) is 0 Å². The number of nitro groups is 1. The normalized spacial score (nSPS) is 13.5. The van der Waals surface area contributed by atoms with E-state index in [4.69, 9.17) is 11.6 Å². The molecule has 0 aliphatic rings. The van der Waals surface area contributed by atoms with Gasteiger partial charge in [-0.05, 0) is 17.0 Å². The molecule has 0 amide bonds. The molecule has 0 N–H and O–H groups in total. The number of alkyl halides is 1. The topological polar surface area (TPSA) is 69.4 Å². The molecule has 0 spiro atoms. The van der Waals surface area contributed by atoms with Crippen molar-refractivity contribution in [2.45, 2.75) is 26.3 Å². The fraction of sp³-hybridized carbons (Fsp3) is 0.857. The molecular weight excluding hydrogens is 198 g/mol. The van der Waals surface area contributed by atoms with E-state index in [2.05, 4.69) is 4.74 Å².